The van der Waals surface area contributed by atoms with Crippen LogP contribution in [0, 0.1) is 5.92 Å². The van der Waals surface area contributed by atoms with E-state index in [4.69, 9.17) is 5.21 Å². The second-order valence-electron chi connectivity index (χ2n) is 5.54. The first kappa shape index (κ1) is 18.6. The van der Waals surface area contributed by atoms with Crippen LogP contribution >= 0.6 is 0 Å². The molecule has 1 rings (SSSR count). The molecule has 23 heavy (non-hydrogen) atoms. The number of amides is 1. The highest BCUT2D eigenvalue weighted by Gasteiger charge is 2.16. The first-order valence-electron chi connectivity index (χ1n) is 7.51. The lowest BCUT2D eigenvalue weighted by molar-refractivity contribution is -0.124. The van der Waals surface area contributed by atoms with Gasteiger partial charge in [-0.3, -0.25) is 14.8 Å². The molecule has 1 aromatic carbocycles. The maximum Gasteiger partial charge on any atom is 0.267 e. The molecule has 2 N–H and O–H groups in total. The van der Waals surface area contributed by atoms with E-state index in [1.807, 2.05) is 63.2 Å². The summed E-state index contributed by atoms with van der Waals surface area (Å²) in [5, 5.41) is 8.45. The van der Waals surface area contributed by atoms with Crippen LogP contribution < -0.4 is 10.4 Å². The summed E-state index contributed by atoms with van der Waals surface area (Å²) >= 11 is 0. The van der Waals surface area contributed by atoms with Crippen LogP contribution in [0.4, 0.5) is 5.69 Å². The number of allylic oxidation sites excluding steroid dienone is 3. The number of ketones is 1. The van der Waals surface area contributed by atoms with E-state index in [0.29, 0.717) is 12.0 Å². The Morgan fingerprint density at radius 3 is 2.30 bits per heavy atom. The van der Waals surface area contributed by atoms with E-state index in [2.05, 4.69) is 0 Å². The molecule has 0 fully saturated rings. The summed E-state index contributed by atoms with van der Waals surface area (Å²) in [5.74, 6) is -0.796. The van der Waals surface area contributed by atoms with E-state index in [9.17, 15) is 9.59 Å². The quantitative estimate of drug-likeness (QED) is 0.267. The van der Waals surface area contributed by atoms with Crippen LogP contribution in [0.1, 0.15) is 30.6 Å². The van der Waals surface area contributed by atoms with E-state index in [1.54, 1.807) is 6.08 Å². The van der Waals surface area contributed by atoms with Gasteiger partial charge in [-0.15, -0.1) is 0 Å². The highest BCUT2D eigenvalue weighted by atomic mass is 16.5. The minimum Gasteiger partial charge on any atom is -0.378 e. The molecule has 1 atom stereocenters. The van der Waals surface area contributed by atoms with Crippen molar-refractivity contribution in [1.82, 2.24) is 5.48 Å². The number of nitrogens with zero attached hydrogens (tertiary/aromatic N) is 1. The number of benzene rings is 1. The maximum atomic E-state index is 12.6. The van der Waals surface area contributed by atoms with Gasteiger partial charge in [0, 0.05) is 37.3 Å². The van der Waals surface area contributed by atoms with Crippen LogP contribution in [0.5, 0.6) is 0 Å². The van der Waals surface area contributed by atoms with Gasteiger partial charge >= 0.3 is 0 Å². The number of carbonyl (C=O) groups is 2. The zero-order chi connectivity index (χ0) is 17.4. The molecule has 0 aromatic heterocycles. The summed E-state index contributed by atoms with van der Waals surface area (Å²) in [6, 6.07) is 7.50. The van der Waals surface area contributed by atoms with Crippen molar-refractivity contribution in [3.8, 4) is 0 Å². The van der Waals surface area contributed by atoms with Gasteiger partial charge in [-0.25, -0.2) is 5.48 Å². The summed E-state index contributed by atoms with van der Waals surface area (Å²) in [5.41, 5.74) is 4.03. The van der Waals surface area contributed by atoms with Crippen molar-refractivity contribution in [3.05, 3.63) is 53.6 Å². The number of carbonyl (C=O) groups excluding carboxylic acids is 2. The van der Waals surface area contributed by atoms with Crippen LogP contribution in [-0.2, 0) is 4.79 Å². The summed E-state index contributed by atoms with van der Waals surface area (Å²) < 4.78 is 0. The SMILES string of the molecule is CC[C@H](/C=C(C)/C=C/C(=O)NO)C(=O)c1ccc(N(C)C)cc1. The van der Waals surface area contributed by atoms with Crippen LogP contribution in [0.25, 0.3) is 0 Å². The van der Waals surface area contributed by atoms with Gasteiger partial charge < -0.3 is 4.90 Å². The number of hydrogen-bond donors (Lipinski definition) is 2. The molecule has 0 aliphatic rings. The Kier molecular flexibility index (Phi) is 7.22. The average molecular weight is 316 g/mol. The Morgan fingerprint density at radius 1 is 1.22 bits per heavy atom. The first-order chi connectivity index (χ1) is 10.9. The molecule has 0 heterocycles. The number of nitrogens with one attached hydrogen (secondary N) is 1. The molecule has 1 aromatic rings. The van der Waals surface area contributed by atoms with Crippen molar-refractivity contribution in [1.29, 1.82) is 0 Å². The fourth-order valence-corrected chi connectivity index (χ4v) is 2.13. The third kappa shape index (κ3) is 5.71. The largest absolute Gasteiger partial charge is 0.378 e. The Balaban J connectivity index is 2.89. The van der Waals surface area contributed by atoms with Crippen molar-refractivity contribution in [2.45, 2.75) is 20.3 Å². The van der Waals surface area contributed by atoms with Crippen LogP contribution in [0.2, 0.25) is 0 Å². The smallest absolute Gasteiger partial charge is 0.267 e. The zero-order valence-electron chi connectivity index (χ0n) is 14.0. The van der Waals surface area contributed by atoms with Gasteiger partial charge in [0.1, 0.15) is 0 Å². The fourth-order valence-electron chi connectivity index (χ4n) is 2.13. The molecular weight excluding hydrogens is 292 g/mol. The second-order valence-corrected chi connectivity index (χ2v) is 5.54. The molecule has 0 aliphatic heterocycles. The number of hydroxylamine groups is 1. The highest BCUT2D eigenvalue weighted by molar-refractivity contribution is 5.99. The molecule has 0 radical (unpaired) electrons. The van der Waals surface area contributed by atoms with Gasteiger partial charge in [-0.05, 0) is 37.6 Å². The molecule has 0 spiro atoms. The predicted molar refractivity (Wildman–Crippen MR) is 91.7 cm³/mol. The van der Waals surface area contributed by atoms with Crippen LogP contribution in [0.3, 0.4) is 0 Å². The summed E-state index contributed by atoms with van der Waals surface area (Å²) in [6.45, 7) is 3.76. The Hall–Kier alpha value is -2.40. The summed E-state index contributed by atoms with van der Waals surface area (Å²) in [6.07, 6.45) is 5.29. The van der Waals surface area contributed by atoms with Gasteiger partial charge in [-0.2, -0.15) is 0 Å². The van der Waals surface area contributed by atoms with E-state index in [1.165, 1.54) is 11.6 Å². The fraction of sp³-hybridized carbons (Fsp3) is 0.333. The van der Waals surface area contributed by atoms with Crippen LogP contribution in [0.15, 0.2) is 48.1 Å². The van der Waals surface area contributed by atoms with E-state index >= 15 is 0 Å². The first-order valence-corrected chi connectivity index (χ1v) is 7.51. The van der Waals surface area contributed by atoms with E-state index < -0.39 is 5.91 Å². The topological polar surface area (TPSA) is 69.6 Å². The lowest BCUT2D eigenvalue weighted by atomic mass is 9.93. The molecular formula is C18H24N2O3. The normalized spacial score (nSPS) is 13.0. The molecule has 0 bridgehead atoms. The highest BCUT2D eigenvalue weighted by Crippen LogP contribution is 2.19. The maximum absolute atomic E-state index is 12.6. The molecule has 1 amide bonds. The summed E-state index contributed by atoms with van der Waals surface area (Å²) in [7, 11) is 3.90. The van der Waals surface area contributed by atoms with E-state index in [0.717, 1.165) is 11.3 Å². The second kappa shape index (κ2) is 8.90. The third-order valence-corrected chi connectivity index (χ3v) is 3.52. The number of Topliss-reactive ketones (excluding diaryl/α,β-unsaturated/α-hetero) is 1. The van der Waals surface area contributed by atoms with Gasteiger partial charge in [0.15, 0.2) is 5.78 Å². The Bertz CT molecular complexity index is 601. The van der Waals surface area contributed by atoms with Gasteiger partial charge in [0.05, 0.1) is 0 Å². The van der Waals surface area contributed by atoms with Crippen molar-refractivity contribution in [3.63, 3.8) is 0 Å². The Labute approximate surface area is 137 Å². The van der Waals surface area contributed by atoms with Crippen molar-refractivity contribution in [2.24, 2.45) is 5.92 Å². The van der Waals surface area contributed by atoms with Crippen LogP contribution in [-0.4, -0.2) is 31.0 Å². The third-order valence-electron chi connectivity index (χ3n) is 3.52. The standard InChI is InChI=1S/C18H24N2O3/c1-5-14(12-13(2)6-11-17(21)19-23)18(22)15-7-9-16(10-8-15)20(3)4/h6-12,14,23H,5H2,1-4H3,(H,19,21)/b11-6+,13-12+/t14-/m1/s1. The van der Waals surface area contributed by atoms with Crippen molar-refractivity contribution >= 4 is 17.4 Å². The van der Waals surface area contributed by atoms with E-state index in [-0.39, 0.29) is 11.7 Å². The summed E-state index contributed by atoms with van der Waals surface area (Å²) in [4.78, 5) is 25.5. The van der Waals surface area contributed by atoms with Gasteiger partial charge in [-0.1, -0.05) is 24.6 Å². The molecule has 5 nitrogen and oxygen atoms in total. The minimum absolute atomic E-state index is 0.0529. The molecule has 5 heteroatoms. The number of hydrogen-bond acceptors (Lipinski definition) is 4. The molecule has 0 aliphatic carbocycles. The number of anilines is 1. The lowest BCUT2D eigenvalue weighted by Gasteiger charge is -2.14. The van der Waals surface area contributed by atoms with Gasteiger partial charge in [0.2, 0.25) is 0 Å². The number of rotatable bonds is 7. The Morgan fingerprint density at radius 2 is 1.83 bits per heavy atom. The van der Waals surface area contributed by atoms with Crippen molar-refractivity contribution in [2.75, 3.05) is 19.0 Å². The average Bonchev–Trinajstić information content (AvgIpc) is 2.56. The lowest BCUT2D eigenvalue weighted by Crippen LogP contribution is -2.15. The van der Waals surface area contributed by atoms with Crippen molar-refractivity contribution < 1.29 is 14.8 Å². The monoisotopic (exact) mass is 316 g/mol. The molecule has 0 unspecified atom stereocenters. The zero-order valence-corrected chi connectivity index (χ0v) is 14.0. The van der Waals surface area contributed by atoms with Gasteiger partial charge in [0.25, 0.3) is 5.91 Å². The molecule has 124 valence electrons. The predicted octanol–water partition coefficient (Wildman–Crippen LogP) is 2.97. The minimum atomic E-state index is -0.601. The molecule has 0 saturated carbocycles. The molecule has 0 saturated heterocycles.